The lowest BCUT2D eigenvalue weighted by Crippen LogP contribution is -2.23. The third-order valence-corrected chi connectivity index (χ3v) is 3.19. The second-order valence-corrected chi connectivity index (χ2v) is 5.22. The molecule has 11 heteroatoms. The molecule has 1 N–H and O–H groups in total. The van der Waals surface area contributed by atoms with Crippen molar-refractivity contribution in [2.75, 3.05) is 6.61 Å². The molecule has 0 aliphatic rings. The molecular formula is C16H12F3N5O3. The van der Waals surface area contributed by atoms with Crippen LogP contribution in [0.1, 0.15) is 16.2 Å². The quantitative estimate of drug-likeness (QED) is 0.701. The molecule has 0 radical (unpaired) electrons. The highest BCUT2D eigenvalue weighted by Crippen LogP contribution is 2.17. The maximum absolute atomic E-state index is 12.1. The number of alkyl halides is 3. The number of halogens is 3. The molecule has 3 aromatic rings. The van der Waals surface area contributed by atoms with Crippen LogP contribution in [0.25, 0.3) is 11.4 Å². The van der Waals surface area contributed by atoms with Crippen LogP contribution in [0.3, 0.4) is 0 Å². The van der Waals surface area contributed by atoms with Crippen LogP contribution in [-0.4, -0.2) is 38.8 Å². The molecule has 27 heavy (non-hydrogen) atoms. The Morgan fingerprint density at radius 3 is 2.63 bits per heavy atom. The zero-order chi connectivity index (χ0) is 19.3. The molecule has 3 rings (SSSR count). The number of pyridine rings is 2. The first-order valence-electron chi connectivity index (χ1n) is 7.57. The van der Waals surface area contributed by atoms with Crippen molar-refractivity contribution >= 4 is 5.91 Å². The molecule has 0 aliphatic carbocycles. The molecule has 8 nitrogen and oxygen atoms in total. The van der Waals surface area contributed by atoms with Crippen LogP contribution in [-0.2, 0) is 6.54 Å². The van der Waals surface area contributed by atoms with Crippen molar-refractivity contribution in [3.63, 3.8) is 0 Å². The van der Waals surface area contributed by atoms with Gasteiger partial charge in [-0.25, -0.2) is 4.98 Å². The number of hydrogen-bond donors (Lipinski definition) is 1. The summed E-state index contributed by atoms with van der Waals surface area (Å²) < 4.78 is 45.8. The Kier molecular flexibility index (Phi) is 5.29. The van der Waals surface area contributed by atoms with E-state index < -0.39 is 18.7 Å². The Bertz CT molecular complexity index is 898. The summed E-state index contributed by atoms with van der Waals surface area (Å²) in [5, 5.41) is 6.35. The fraction of sp³-hybridized carbons (Fsp3) is 0.188. The Labute approximate surface area is 150 Å². The van der Waals surface area contributed by atoms with Crippen molar-refractivity contribution in [2.45, 2.75) is 12.7 Å². The van der Waals surface area contributed by atoms with E-state index in [1.54, 1.807) is 24.5 Å². The number of aromatic nitrogens is 4. The summed E-state index contributed by atoms with van der Waals surface area (Å²) in [4.78, 5) is 23.7. The van der Waals surface area contributed by atoms with Crippen LogP contribution >= 0.6 is 0 Å². The van der Waals surface area contributed by atoms with E-state index in [2.05, 4.69) is 30.2 Å². The number of ether oxygens (including phenoxy) is 1. The lowest BCUT2D eigenvalue weighted by molar-refractivity contribution is -0.154. The zero-order valence-corrected chi connectivity index (χ0v) is 13.6. The van der Waals surface area contributed by atoms with Gasteiger partial charge in [0.05, 0.1) is 12.1 Å². The first kappa shape index (κ1) is 18.3. The maximum atomic E-state index is 12.1. The van der Waals surface area contributed by atoms with Crippen LogP contribution in [0.2, 0.25) is 0 Å². The minimum Gasteiger partial charge on any atom is -0.468 e. The highest BCUT2D eigenvalue weighted by atomic mass is 19.4. The highest BCUT2D eigenvalue weighted by molar-refractivity contribution is 5.93. The molecule has 0 fully saturated rings. The third-order valence-electron chi connectivity index (χ3n) is 3.19. The number of carbonyl (C=O) groups excluding carboxylic acids is 1. The molecule has 0 spiro atoms. The van der Waals surface area contributed by atoms with Crippen molar-refractivity contribution in [3.8, 4) is 17.3 Å². The molecule has 0 aliphatic heterocycles. The van der Waals surface area contributed by atoms with Gasteiger partial charge in [-0.05, 0) is 18.2 Å². The van der Waals surface area contributed by atoms with Crippen LogP contribution < -0.4 is 10.1 Å². The first-order valence-corrected chi connectivity index (χ1v) is 7.57. The van der Waals surface area contributed by atoms with E-state index in [0.717, 1.165) is 6.20 Å². The van der Waals surface area contributed by atoms with Gasteiger partial charge in [0.2, 0.25) is 17.6 Å². The Morgan fingerprint density at radius 1 is 1.19 bits per heavy atom. The zero-order valence-electron chi connectivity index (χ0n) is 13.6. The van der Waals surface area contributed by atoms with Gasteiger partial charge in [-0.15, -0.1) is 0 Å². The fourth-order valence-corrected chi connectivity index (χ4v) is 1.96. The summed E-state index contributed by atoms with van der Waals surface area (Å²) in [5.41, 5.74) is 0.855. The number of carbonyl (C=O) groups is 1. The SMILES string of the molecule is O=C(NCc1nc(-c2ccncc2)no1)c1ccc(OCC(F)(F)F)nc1. The molecule has 1 amide bonds. The lowest BCUT2D eigenvalue weighted by Gasteiger charge is -2.08. The molecule has 3 aromatic heterocycles. The normalized spacial score (nSPS) is 11.2. The maximum Gasteiger partial charge on any atom is 0.422 e. The first-order chi connectivity index (χ1) is 12.9. The predicted molar refractivity (Wildman–Crippen MR) is 84.5 cm³/mol. The van der Waals surface area contributed by atoms with Crippen molar-refractivity contribution < 1.29 is 27.2 Å². The van der Waals surface area contributed by atoms with Gasteiger partial charge in [0, 0.05) is 30.2 Å². The smallest absolute Gasteiger partial charge is 0.422 e. The van der Waals surface area contributed by atoms with Crippen LogP contribution in [0.4, 0.5) is 13.2 Å². The molecule has 0 bridgehead atoms. The fourth-order valence-electron chi connectivity index (χ4n) is 1.96. The van der Waals surface area contributed by atoms with Gasteiger partial charge >= 0.3 is 6.18 Å². The van der Waals surface area contributed by atoms with Crippen molar-refractivity contribution in [2.24, 2.45) is 0 Å². The minimum absolute atomic E-state index is 0.0246. The van der Waals surface area contributed by atoms with Crippen molar-refractivity contribution in [1.29, 1.82) is 0 Å². The summed E-state index contributed by atoms with van der Waals surface area (Å²) in [6, 6.07) is 5.89. The van der Waals surface area contributed by atoms with E-state index in [-0.39, 0.29) is 23.9 Å². The third kappa shape index (κ3) is 5.23. The van der Waals surface area contributed by atoms with Gasteiger partial charge in [0.1, 0.15) is 0 Å². The molecule has 0 atom stereocenters. The topological polar surface area (TPSA) is 103 Å². The monoisotopic (exact) mass is 379 g/mol. The Hall–Kier alpha value is -3.50. The summed E-state index contributed by atoms with van der Waals surface area (Å²) in [6.07, 6.45) is -0.182. The van der Waals surface area contributed by atoms with Crippen LogP contribution in [0.5, 0.6) is 5.88 Å². The van der Waals surface area contributed by atoms with Gasteiger partial charge < -0.3 is 14.6 Å². The van der Waals surface area contributed by atoms with Crippen LogP contribution in [0.15, 0.2) is 47.4 Å². The van der Waals surface area contributed by atoms with E-state index in [9.17, 15) is 18.0 Å². The summed E-state index contributed by atoms with van der Waals surface area (Å²) in [7, 11) is 0. The summed E-state index contributed by atoms with van der Waals surface area (Å²) in [5.74, 6) is -0.195. The highest BCUT2D eigenvalue weighted by Gasteiger charge is 2.28. The molecule has 3 heterocycles. The molecule has 0 saturated heterocycles. The minimum atomic E-state index is -4.46. The number of hydrogen-bond acceptors (Lipinski definition) is 7. The molecular weight excluding hydrogens is 367 g/mol. The van der Waals surface area contributed by atoms with E-state index in [1.165, 1.54) is 12.1 Å². The lowest BCUT2D eigenvalue weighted by atomic mass is 10.2. The summed E-state index contributed by atoms with van der Waals surface area (Å²) in [6.45, 7) is -1.48. The van der Waals surface area contributed by atoms with E-state index in [0.29, 0.717) is 11.4 Å². The Balaban J connectivity index is 1.54. The molecule has 0 saturated carbocycles. The van der Waals surface area contributed by atoms with Gasteiger partial charge in [0.25, 0.3) is 5.91 Å². The van der Waals surface area contributed by atoms with E-state index >= 15 is 0 Å². The molecule has 140 valence electrons. The number of rotatable bonds is 6. The van der Waals surface area contributed by atoms with Crippen molar-refractivity contribution in [1.82, 2.24) is 25.4 Å². The number of nitrogens with zero attached hydrogens (tertiary/aromatic N) is 4. The second kappa shape index (κ2) is 7.81. The predicted octanol–water partition coefficient (Wildman–Crippen LogP) is 2.40. The average Bonchev–Trinajstić information content (AvgIpc) is 3.14. The number of amides is 1. The molecule has 0 aromatic carbocycles. The van der Waals surface area contributed by atoms with Gasteiger partial charge in [0.15, 0.2) is 6.61 Å². The van der Waals surface area contributed by atoms with E-state index in [4.69, 9.17) is 4.52 Å². The standard InChI is InChI=1S/C16H12F3N5O3/c17-16(18,19)9-26-12-2-1-11(7-21-12)15(25)22-8-13-23-14(24-27-13)10-3-5-20-6-4-10/h1-7H,8-9H2,(H,22,25). The Morgan fingerprint density at radius 2 is 1.96 bits per heavy atom. The van der Waals surface area contributed by atoms with Gasteiger partial charge in [-0.3, -0.25) is 9.78 Å². The van der Waals surface area contributed by atoms with E-state index in [1.807, 2.05) is 0 Å². The average molecular weight is 379 g/mol. The largest absolute Gasteiger partial charge is 0.468 e. The van der Waals surface area contributed by atoms with Gasteiger partial charge in [-0.2, -0.15) is 18.2 Å². The second-order valence-electron chi connectivity index (χ2n) is 5.22. The van der Waals surface area contributed by atoms with Crippen molar-refractivity contribution in [3.05, 3.63) is 54.3 Å². The number of nitrogens with one attached hydrogen (secondary N) is 1. The molecule has 0 unspecified atom stereocenters. The van der Waals surface area contributed by atoms with Gasteiger partial charge in [-0.1, -0.05) is 5.16 Å². The summed E-state index contributed by atoms with van der Waals surface area (Å²) >= 11 is 0. The van der Waals surface area contributed by atoms with Crippen LogP contribution in [0, 0.1) is 0 Å².